The van der Waals surface area contributed by atoms with E-state index in [0.29, 0.717) is 0 Å². The summed E-state index contributed by atoms with van der Waals surface area (Å²) in [6.07, 6.45) is 3.71. The van der Waals surface area contributed by atoms with Crippen molar-refractivity contribution in [3.05, 3.63) is 70.3 Å². The number of hydrogen-bond donors (Lipinski definition) is 1. The molecule has 0 aromatic heterocycles. The van der Waals surface area contributed by atoms with Gasteiger partial charge in [-0.3, -0.25) is 0 Å². The van der Waals surface area contributed by atoms with Gasteiger partial charge in [-0.05, 0) is 56.0 Å². The van der Waals surface area contributed by atoms with Gasteiger partial charge in [0.05, 0.1) is 6.04 Å². The summed E-state index contributed by atoms with van der Waals surface area (Å²) in [4.78, 5) is 0. The molecule has 0 heterocycles. The van der Waals surface area contributed by atoms with Crippen LogP contribution in [0, 0.1) is 13.8 Å². The first-order chi connectivity index (χ1) is 10.2. The summed E-state index contributed by atoms with van der Waals surface area (Å²) < 4.78 is 0. The molecule has 2 aromatic rings. The van der Waals surface area contributed by atoms with Crippen LogP contribution in [-0.4, -0.2) is 7.05 Å². The third-order valence-corrected chi connectivity index (χ3v) is 4.17. The molecule has 21 heavy (non-hydrogen) atoms. The number of rotatable bonds is 6. The van der Waals surface area contributed by atoms with E-state index in [2.05, 4.69) is 68.6 Å². The van der Waals surface area contributed by atoms with Gasteiger partial charge in [-0.25, -0.2) is 0 Å². The van der Waals surface area contributed by atoms with Crippen LogP contribution in [0.15, 0.2) is 42.5 Å². The lowest BCUT2D eigenvalue weighted by molar-refractivity contribution is 0.686. The van der Waals surface area contributed by atoms with Gasteiger partial charge in [-0.15, -0.1) is 0 Å². The molecule has 0 saturated heterocycles. The molecule has 1 unspecified atom stereocenters. The molecule has 112 valence electrons. The highest BCUT2D eigenvalue weighted by atomic mass is 14.9. The first kappa shape index (κ1) is 15.8. The molecule has 1 heteroatoms. The second-order valence-corrected chi connectivity index (χ2v) is 5.93. The highest BCUT2D eigenvalue weighted by molar-refractivity contribution is 5.39. The molecular formula is C20H27N. The lowest BCUT2D eigenvalue weighted by atomic mass is 9.93. The first-order valence-electron chi connectivity index (χ1n) is 7.99. The standard InChI is InChI=1S/C20H27N/c1-5-6-7-17-10-12-18(13-11-17)20(21-4)19-14-15(2)8-9-16(19)3/h8-14,20-21H,5-7H2,1-4H3. The third-order valence-electron chi connectivity index (χ3n) is 4.17. The van der Waals surface area contributed by atoms with Crippen molar-refractivity contribution in [3.8, 4) is 0 Å². The van der Waals surface area contributed by atoms with E-state index in [-0.39, 0.29) is 6.04 Å². The monoisotopic (exact) mass is 281 g/mol. The SMILES string of the molecule is CCCCc1ccc(C(NC)c2cc(C)ccc2C)cc1. The van der Waals surface area contributed by atoms with Crippen molar-refractivity contribution >= 4 is 0 Å². The highest BCUT2D eigenvalue weighted by Gasteiger charge is 2.14. The summed E-state index contributed by atoms with van der Waals surface area (Å²) in [6, 6.07) is 16.1. The van der Waals surface area contributed by atoms with Crippen molar-refractivity contribution in [1.29, 1.82) is 0 Å². The fourth-order valence-corrected chi connectivity index (χ4v) is 2.83. The third kappa shape index (κ3) is 3.95. The fraction of sp³-hybridized carbons (Fsp3) is 0.400. The smallest absolute Gasteiger partial charge is 0.0576 e. The molecule has 1 nitrogen and oxygen atoms in total. The summed E-state index contributed by atoms with van der Waals surface area (Å²) in [6.45, 7) is 6.59. The predicted octanol–water partition coefficient (Wildman–Crippen LogP) is 4.95. The maximum atomic E-state index is 3.47. The van der Waals surface area contributed by atoms with Crippen LogP contribution in [0.1, 0.15) is 53.6 Å². The Morgan fingerprint density at radius 1 is 1.00 bits per heavy atom. The molecule has 1 N–H and O–H groups in total. The summed E-state index contributed by atoms with van der Waals surface area (Å²) in [5, 5.41) is 3.47. The Morgan fingerprint density at radius 2 is 1.71 bits per heavy atom. The second kappa shape index (κ2) is 7.42. The quantitative estimate of drug-likeness (QED) is 0.789. The normalized spacial score (nSPS) is 12.4. The molecule has 0 radical (unpaired) electrons. The van der Waals surface area contributed by atoms with Crippen molar-refractivity contribution in [2.45, 2.75) is 46.1 Å². The number of benzene rings is 2. The van der Waals surface area contributed by atoms with E-state index < -0.39 is 0 Å². The van der Waals surface area contributed by atoms with Crippen molar-refractivity contribution < 1.29 is 0 Å². The largest absolute Gasteiger partial charge is 0.309 e. The van der Waals surface area contributed by atoms with Gasteiger partial charge < -0.3 is 5.32 Å². The molecule has 2 aromatic carbocycles. The maximum Gasteiger partial charge on any atom is 0.0576 e. The highest BCUT2D eigenvalue weighted by Crippen LogP contribution is 2.26. The van der Waals surface area contributed by atoms with E-state index in [1.807, 2.05) is 7.05 Å². The Balaban J connectivity index is 2.26. The maximum absolute atomic E-state index is 3.47. The average molecular weight is 281 g/mol. The molecule has 0 spiro atoms. The molecule has 0 saturated carbocycles. The first-order valence-corrected chi connectivity index (χ1v) is 7.99. The minimum atomic E-state index is 0.269. The van der Waals surface area contributed by atoms with Gasteiger partial charge in [0, 0.05) is 0 Å². The minimum absolute atomic E-state index is 0.269. The minimum Gasteiger partial charge on any atom is -0.309 e. The Bertz CT molecular complexity index is 569. The number of aryl methyl sites for hydroxylation is 3. The van der Waals surface area contributed by atoms with Crippen LogP contribution in [0.25, 0.3) is 0 Å². The van der Waals surface area contributed by atoms with Crippen molar-refractivity contribution in [2.24, 2.45) is 0 Å². The van der Waals surface area contributed by atoms with E-state index in [1.54, 1.807) is 0 Å². The molecule has 0 fully saturated rings. The predicted molar refractivity (Wildman–Crippen MR) is 91.9 cm³/mol. The van der Waals surface area contributed by atoms with Gasteiger partial charge in [-0.1, -0.05) is 61.4 Å². The molecule has 1 atom stereocenters. The van der Waals surface area contributed by atoms with E-state index in [1.165, 1.54) is 47.1 Å². The van der Waals surface area contributed by atoms with Crippen molar-refractivity contribution in [3.63, 3.8) is 0 Å². The number of hydrogen-bond acceptors (Lipinski definition) is 1. The van der Waals surface area contributed by atoms with Gasteiger partial charge in [0.1, 0.15) is 0 Å². The van der Waals surface area contributed by atoms with Gasteiger partial charge in [0.25, 0.3) is 0 Å². The fourth-order valence-electron chi connectivity index (χ4n) is 2.83. The average Bonchev–Trinajstić information content (AvgIpc) is 2.50. The van der Waals surface area contributed by atoms with Gasteiger partial charge >= 0.3 is 0 Å². The Morgan fingerprint density at radius 3 is 2.33 bits per heavy atom. The number of unbranched alkanes of at least 4 members (excludes halogenated alkanes) is 1. The van der Waals surface area contributed by atoms with Crippen LogP contribution in [0.3, 0.4) is 0 Å². The van der Waals surface area contributed by atoms with Gasteiger partial charge in [-0.2, -0.15) is 0 Å². The Labute approximate surface area is 129 Å². The van der Waals surface area contributed by atoms with E-state index >= 15 is 0 Å². The van der Waals surface area contributed by atoms with Gasteiger partial charge in [0.2, 0.25) is 0 Å². The molecule has 0 aliphatic rings. The van der Waals surface area contributed by atoms with E-state index in [0.717, 1.165) is 0 Å². The molecule has 0 aliphatic carbocycles. The zero-order chi connectivity index (χ0) is 15.2. The van der Waals surface area contributed by atoms with Crippen LogP contribution < -0.4 is 5.32 Å². The molecule has 0 aliphatic heterocycles. The van der Waals surface area contributed by atoms with E-state index in [9.17, 15) is 0 Å². The topological polar surface area (TPSA) is 12.0 Å². The van der Waals surface area contributed by atoms with Crippen molar-refractivity contribution in [2.75, 3.05) is 7.05 Å². The van der Waals surface area contributed by atoms with E-state index in [4.69, 9.17) is 0 Å². The zero-order valence-corrected chi connectivity index (χ0v) is 13.7. The Hall–Kier alpha value is -1.60. The molecule has 0 amide bonds. The van der Waals surface area contributed by atoms with Crippen molar-refractivity contribution in [1.82, 2.24) is 5.32 Å². The summed E-state index contributed by atoms with van der Waals surface area (Å²) in [7, 11) is 2.04. The molecular weight excluding hydrogens is 254 g/mol. The summed E-state index contributed by atoms with van der Waals surface area (Å²) >= 11 is 0. The van der Waals surface area contributed by atoms with Crippen LogP contribution in [0.5, 0.6) is 0 Å². The van der Waals surface area contributed by atoms with Crippen LogP contribution in [-0.2, 0) is 6.42 Å². The summed E-state index contributed by atoms with van der Waals surface area (Å²) in [5.74, 6) is 0. The Kier molecular flexibility index (Phi) is 5.58. The number of nitrogens with one attached hydrogen (secondary N) is 1. The summed E-state index contributed by atoms with van der Waals surface area (Å²) in [5.41, 5.74) is 6.81. The molecule has 0 bridgehead atoms. The van der Waals surface area contributed by atoms with Crippen LogP contribution in [0.2, 0.25) is 0 Å². The van der Waals surface area contributed by atoms with Crippen LogP contribution in [0.4, 0.5) is 0 Å². The molecule has 2 rings (SSSR count). The van der Waals surface area contributed by atoms with Crippen LogP contribution >= 0.6 is 0 Å². The van der Waals surface area contributed by atoms with Gasteiger partial charge in [0.15, 0.2) is 0 Å². The zero-order valence-electron chi connectivity index (χ0n) is 13.7. The lowest BCUT2D eigenvalue weighted by Gasteiger charge is -2.20. The second-order valence-electron chi connectivity index (χ2n) is 5.93. The lowest BCUT2D eigenvalue weighted by Crippen LogP contribution is -2.18.